The molecule has 0 aliphatic rings. The zero-order valence-electron chi connectivity index (χ0n) is 18.5. The number of para-hydroxylation sites is 2. The molecule has 5 aromatic rings. The van der Waals surface area contributed by atoms with Crippen molar-refractivity contribution in [1.82, 2.24) is 29.9 Å². The van der Waals surface area contributed by atoms with E-state index in [2.05, 4.69) is 50.2 Å². The quantitative estimate of drug-likeness (QED) is 0.311. The molecule has 0 saturated heterocycles. The average Bonchev–Trinajstić information content (AvgIpc) is 3.43. The van der Waals surface area contributed by atoms with Gasteiger partial charge in [-0.25, -0.2) is 4.98 Å². The Morgan fingerprint density at radius 2 is 1.85 bits per heavy atom. The Morgan fingerprint density at radius 3 is 2.68 bits per heavy atom. The third kappa shape index (κ3) is 4.70. The fourth-order valence-electron chi connectivity index (χ4n) is 3.54. The molecule has 5 rings (SSSR count). The Morgan fingerprint density at radius 1 is 1.06 bits per heavy atom. The van der Waals surface area contributed by atoms with E-state index in [-0.39, 0.29) is 24.3 Å². The van der Waals surface area contributed by atoms with Crippen LogP contribution in [-0.2, 0) is 11.4 Å². The van der Waals surface area contributed by atoms with Crippen molar-refractivity contribution < 1.29 is 9.53 Å². The number of thioether (sulfide) groups is 1. The molecule has 0 saturated carbocycles. The third-order valence-corrected chi connectivity index (χ3v) is 6.61. The summed E-state index contributed by atoms with van der Waals surface area (Å²) in [4.78, 5) is 17.1. The molecule has 11 heteroatoms. The van der Waals surface area contributed by atoms with Gasteiger partial charge in [0.15, 0.2) is 10.7 Å². The molecule has 1 N–H and O–H groups in total. The molecule has 0 bridgehead atoms. The van der Waals surface area contributed by atoms with E-state index in [0.29, 0.717) is 15.3 Å². The van der Waals surface area contributed by atoms with Crippen LogP contribution < -0.4 is 10.1 Å². The van der Waals surface area contributed by atoms with Gasteiger partial charge in [-0.15, -0.1) is 20.4 Å². The Hall–Kier alpha value is -3.57. The number of nitrogens with one attached hydrogen (secondary N) is 1. The lowest BCUT2D eigenvalue weighted by molar-refractivity contribution is -0.113. The summed E-state index contributed by atoms with van der Waals surface area (Å²) in [5, 5.41) is 22.0. The van der Waals surface area contributed by atoms with Gasteiger partial charge in [-0.1, -0.05) is 59.5 Å². The van der Waals surface area contributed by atoms with Crippen LogP contribution >= 0.6 is 23.1 Å². The molecule has 3 heterocycles. The minimum atomic E-state index is -0.218. The number of nitrogens with zero attached hydrogens (tertiary/aromatic N) is 6. The van der Waals surface area contributed by atoms with Crippen LogP contribution in [0.25, 0.3) is 22.1 Å². The molecule has 0 atom stereocenters. The second-order valence-corrected chi connectivity index (χ2v) is 9.69. The molecular formula is C23H21N7O2S2. The van der Waals surface area contributed by atoms with Crippen molar-refractivity contribution in [3.8, 4) is 5.75 Å². The number of carbonyl (C=O) groups is 1. The molecule has 34 heavy (non-hydrogen) atoms. The van der Waals surface area contributed by atoms with Crippen molar-refractivity contribution >= 4 is 56.2 Å². The van der Waals surface area contributed by atoms with Crippen LogP contribution in [0.3, 0.4) is 0 Å². The largest absolute Gasteiger partial charge is 0.486 e. The molecule has 0 fully saturated rings. The number of ether oxygens (including phenoxy) is 1. The van der Waals surface area contributed by atoms with Crippen LogP contribution in [0, 0.1) is 0 Å². The summed E-state index contributed by atoms with van der Waals surface area (Å²) in [5.41, 5.74) is 2.59. The van der Waals surface area contributed by atoms with Crippen molar-refractivity contribution in [2.24, 2.45) is 0 Å². The highest BCUT2D eigenvalue weighted by molar-refractivity contribution is 7.99. The molecule has 0 aliphatic carbocycles. The topological polar surface area (TPSA) is 108 Å². The number of aromatic nitrogens is 6. The van der Waals surface area contributed by atoms with Gasteiger partial charge in [0.25, 0.3) is 0 Å². The summed E-state index contributed by atoms with van der Waals surface area (Å²) in [7, 11) is 0. The van der Waals surface area contributed by atoms with E-state index in [9.17, 15) is 4.79 Å². The van der Waals surface area contributed by atoms with E-state index in [4.69, 9.17) is 9.72 Å². The van der Waals surface area contributed by atoms with Crippen LogP contribution in [0.5, 0.6) is 5.75 Å². The monoisotopic (exact) mass is 491 g/mol. The highest BCUT2D eigenvalue weighted by Crippen LogP contribution is 2.30. The van der Waals surface area contributed by atoms with E-state index in [1.54, 1.807) is 0 Å². The normalized spacial score (nSPS) is 11.4. The number of carbonyl (C=O) groups excluding carboxylic acids is 1. The molecule has 9 nitrogen and oxygen atoms in total. The standard InChI is InChI=1S/C23H21N7O2S2/c1-14(2)30-17-11-7-6-10-16(17)20-21(30)25-22(28-27-20)33-13-18(31)24-23-29-26-19(34-23)12-32-15-8-4-3-5-9-15/h3-11,14H,12-13H2,1-2H3,(H,24,29,31). The number of amides is 1. The van der Waals surface area contributed by atoms with Crippen molar-refractivity contribution in [1.29, 1.82) is 0 Å². The van der Waals surface area contributed by atoms with Gasteiger partial charge in [-0.2, -0.15) is 0 Å². The fourth-order valence-corrected chi connectivity index (χ4v) is 4.79. The molecule has 3 aromatic heterocycles. The fraction of sp³-hybridized carbons (Fsp3) is 0.217. The molecule has 0 spiro atoms. The van der Waals surface area contributed by atoms with Gasteiger partial charge in [0.1, 0.15) is 17.9 Å². The average molecular weight is 492 g/mol. The highest BCUT2D eigenvalue weighted by atomic mass is 32.2. The number of hydrogen-bond donors (Lipinski definition) is 1. The number of hydrogen-bond acceptors (Lipinski definition) is 9. The van der Waals surface area contributed by atoms with Gasteiger partial charge in [0.2, 0.25) is 16.2 Å². The lowest BCUT2D eigenvalue weighted by Crippen LogP contribution is -2.14. The highest BCUT2D eigenvalue weighted by Gasteiger charge is 2.17. The second-order valence-electron chi connectivity index (χ2n) is 7.69. The maximum absolute atomic E-state index is 12.4. The van der Waals surface area contributed by atoms with Gasteiger partial charge in [-0.3, -0.25) is 10.1 Å². The van der Waals surface area contributed by atoms with Gasteiger partial charge < -0.3 is 9.30 Å². The van der Waals surface area contributed by atoms with Crippen molar-refractivity contribution in [3.63, 3.8) is 0 Å². The summed E-state index contributed by atoms with van der Waals surface area (Å²) >= 11 is 2.51. The van der Waals surface area contributed by atoms with Crippen LogP contribution in [0.1, 0.15) is 24.9 Å². The van der Waals surface area contributed by atoms with Crippen LogP contribution in [0.2, 0.25) is 0 Å². The summed E-state index contributed by atoms with van der Waals surface area (Å²) < 4.78 is 7.81. The van der Waals surface area contributed by atoms with Crippen LogP contribution in [0.4, 0.5) is 5.13 Å². The van der Waals surface area contributed by atoms with Gasteiger partial charge in [-0.05, 0) is 32.0 Å². The third-order valence-electron chi connectivity index (χ3n) is 4.96. The van der Waals surface area contributed by atoms with Gasteiger partial charge in [0, 0.05) is 11.4 Å². The Labute approximate surface area is 203 Å². The SMILES string of the molecule is CC(C)n1c2ccccc2c2nnc(SCC(=O)Nc3nnc(COc4ccccc4)s3)nc21. The number of rotatable bonds is 8. The smallest absolute Gasteiger partial charge is 0.236 e. The first-order chi connectivity index (χ1) is 16.6. The summed E-state index contributed by atoms with van der Waals surface area (Å²) in [6, 6.07) is 17.7. The van der Waals surface area contributed by atoms with E-state index >= 15 is 0 Å². The lowest BCUT2D eigenvalue weighted by Gasteiger charge is -2.10. The maximum atomic E-state index is 12.4. The van der Waals surface area contributed by atoms with Crippen molar-refractivity contribution in [3.05, 3.63) is 59.6 Å². The predicted octanol–water partition coefficient (Wildman–Crippen LogP) is 4.72. The maximum Gasteiger partial charge on any atom is 0.236 e. The number of benzene rings is 2. The van der Waals surface area contributed by atoms with E-state index in [0.717, 1.165) is 27.8 Å². The zero-order chi connectivity index (χ0) is 23.5. The summed E-state index contributed by atoms with van der Waals surface area (Å²) in [6.45, 7) is 4.50. The van der Waals surface area contributed by atoms with E-state index in [1.807, 2.05) is 48.5 Å². The summed E-state index contributed by atoms with van der Waals surface area (Å²) in [5.74, 6) is 0.663. The molecule has 1 amide bonds. The van der Waals surface area contributed by atoms with Crippen LogP contribution in [0.15, 0.2) is 59.8 Å². The van der Waals surface area contributed by atoms with Crippen molar-refractivity contribution in [2.75, 3.05) is 11.1 Å². The van der Waals surface area contributed by atoms with Crippen LogP contribution in [-0.4, -0.2) is 41.6 Å². The van der Waals surface area contributed by atoms with Gasteiger partial charge in [0.05, 0.1) is 11.3 Å². The second kappa shape index (κ2) is 9.74. The Kier molecular flexibility index (Phi) is 6.37. The number of fused-ring (bicyclic) bond motifs is 3. The minimum absolute atomic E-state index is 0.129. The zero-order valence-corrected chi connectivity index (χ0v) is 20.1. The van der Waals surface area contributed by atoms with E-state index < -0.39 is 0 Å². The molecule has 0 aliphatic heterocycles. The Balaban J connectivity index is 1.22. The first-order valence-electron chi connectivity index (χ1n) is 10.6. The molecule has 172 valence electrons. The predicted molar refractivity (Wildman–Crippen MR) is 133 cm³/mol. The lowest BCUT2D eigenvalue weighted by atomic mass is 10.2. The van der Waals surface area contributed by atoms with Crippen molar-refractivity contribution in [2.45, 2.75) is 31.7 Å². The first kappa shape index (κ1) is 22.2. The minimum Gasteiger partial charge on any atom is -0.486 e. The molecular weight excluding hydrogens is 470 g/mol. The first-order valence-corrected chi connectivity index (χ1v) is 12.4. The molecule has 0 radical (unpaired) electrons. The van der Waals surface area contributed by atoms with E-state index in [1.165, 1.54) is 23.1 Å². The summed E-state index contributed by atoms with van der Waals surface area (Å²) in [6.07, 6.45) is 0. The molecule has 0 unspecified atom stereocenters. The number of anilines is 1. The Bertz CT molecular complexity index is 1450. The van der Waals surface area contributed by atoms with Gasteiger partial charge >= 0.3 is 0 Å². The molecule has 2 aromatic carbocycles.